The van der Waals surface area contributed by atoms with Crippen molar-refractivity contribution in [2.24, 2.45) is 0 Å². The molecule has 0 bridgehead atoms. The van der Waals surface area contributed by atoms with E-state index in [1.807, 2.05) is 12.1 Å². The molecule has 7 nitrogen and oxygen atoms in total. The van der Waals surface area contributed by atoms with Crippen molar-refractivity contribution in [2.45, 2.75) is 50.7 Å². The maximum Gasteiger partial charge on any atom is 0.249 e. The van der Waals surface area contributed by atoms with Crippen LogP contribution < -0.4 is 15.5 Å². The average Bonchev–Trinajstić information content (AvgIpc) is 2.58. The van der Waals surface area contributed by atoms with Crippen molar-refractivity contribution in [3.63, 3.8) is 0 Å². The molecule has 2 aliphatic heterocycles. The van der Waals surface area contributed by atoms with E-state index >= 15 is 0 Å². The van der Waals surface area contributed by atoms with Gasteiger partial charge in [0, 0.05) is 31.6 Å². The molecule has 2 aliphatic rings. The second-order valence-electron chi connectivity index (χ2n) is 7.40. The van der Waals surface area contributed by atoms with Crippen LogP contribution in [0.2, 0.25) is 5.02 Å². The summed E-state index contributed by atoms with van der Waals surface area (Å²) in [6, 6.07) is 5.03. The molecule has 2 fully saturated rings. The number of rotatable bonds is 5. The highest BCUT2D eigenvalue weighted by Crippen LogP contribution is 2.34. The number of amides is 2. The molecular weight excluding hydrogens is 370 g/mol. The molecule has 3 rings (SSSR count). The van der Waals surface area contributed by atoms with Gasteiger partial charge in [-0.15, -0.1) is 0 Å². The van der Waals surface area contributed by atoms with Gasteiger partial charge in [0.25, 0.3) is 0 Å². The number of carbonyl (C=O) groups is 3. The van der Waals surface area contributed by atoms with E-state index in [1.54, 1.807) is 6.07 Å². The summed E-state index contributed by atoms with van der Waals surface area (Å²) in [6.45, 7) is 2.72. The van der Waals surface area contributed by atoms with Crippen molar-refractivity contribution in [2.75, 3.05) is 23.3 Å². The van der Waals surface area contributed by atoms with Crippen molar-refractivity contribution in [1.29, 1.82) is 0 Å². The van der Waals surface area contributed by atoms with Crippen LogP contribution in [0.1, 0.15) is 39.0 Å². The highest BCUT2D eigenvalue weighted by molar-refractivity contribution is 6.33. The molecule has 2 heterocycles. The maximum absolute atomic E-state index is 11.9. The number of hydrogen-bond donors (Lipinski definition) is 3. The number of anilines is 2. The van der Waals surface area contributed by atoms with E-state index in [1.165, 1.54) is 6.92 Å². The van der Waals surface area contributed by atoms with E-state index in [2.05, 4.69) is 15.5 Å². The largest absolute Gasteiger partial charge is 0.389 e. The average molecular weight is 394 g/mol. The third-order valence-electron chi connectivity index (χ3n) is 5.14. The third-order valence-corrected chi connectivity index (χ3v) is 5.44. The van der Waals surface area contributed by atoms with Crippen LogP contribution in [0.4, 0.5) is 11.4 Å². The molecule has 0 radical (unpaired) electrons. The van der Waals surface area contributed by atoms with Gasteiger partial charge in [-0.25, -0.2) is 0 Å². The Labute approximate surface area is 163 Å². The Morgan fingerprint density at radius 2 is 2.07 bits per heavy atom. The summed E-state index contributed by atoms with van der Waals surface area (Å²) in [5.41, 5.74) is 0.640. The van der Waals surface area contributed by atoms with Gasteiger partial charge in [0.2, 0.25) is 11.8 Å². The number of imide groups is 1. The molecular formula is C19H24ClN3O4. The Hall–Kier alpha value is -2.12. The fraction of sp³-hybridized carbons (Fsp3) is 0.526. The van der Waals surface area contributed by atoms with Crippen LogP contribution in [-0.2, 0) is 14.4 Å². The minimum atomic E-state index is -0.928. The van der Waals surface area contributed by atoms with Gasteiger partial charge in [0.05, 0.1) is 16.3 Å². The van der Waals surface area contributed by atoms with Crippen LogP contribution in [0.5, 0.6) is 0 Å². The molecule has 0 spiro atoms. The Morgan fingerprint density at radius 3 is 2.67 bits per heavy atom. The molecule has 8 heteroatoms. The fourth-order valence-electron chi connectivity index (χ4n) is 3.69. The number of hydrogen-bond acceptors (Lipinski definition) is 6. The summed E-state index contributed by atoms with van der Waals surface area (Å²) >= 11 is 6.44. The van der Waals surface area contributed by atoms with Crippen molar-refractivity contribution in [1.82, 2.24) is 5.32 Å². The third kappa shape index (κ3) is 4.78. The number of nitrogens with zero attached hydrogens (tertiary/aromatic N) is 1. The Morgan fingerprint density at radius 1 is 1.37 bits per heavy atom. The summed E-state index contributed by atoms with van der Waals surface area (Å²) in [5.74, 6) is -0.582. The van der Waals surface area contributed by atoms with Crippen molar-refractivity contribution < 1.29 is 19.5 Å². The lowest BCUT2D eigenvalue weighted by molar-refractivity contribution is -0.133. The second-order valence-corrected chi connectivity index (χ2v) is 7.81. The molecule has 1 unspecified atom stereocenters. The standard InChI is InChI=1S/C19H24ClN3O4/c1-12(24)11-19(27)6-8-23(9-7-19)16-4-2-13(10-14(16)20)21-15-3-5-17(25)22-18(15)26/h2,4,10,15,21,27H,3,5-9,11H2,1H3,(H,22,25,26). The number of carbonyl (C=O) groups excluding carboxylic acids is 3. The van der Waals surface area contributed by atoms with Crippen molar-refractivity contribution in [3.8, 4) is 0 Å². The molecule has 0 aliphatic carbocycles. The highest BCUT2D eigenvalue weighted by Gasteiger charge is 2.34. The van der Waals surface area contributed by atoms with E-state index in [9.17, 15) is 19.5 Å². The van der Waals surface area contributed by atoms with E-state index in [4.69, 9.17) is 11.6 Å². The first-order valence-corrected chi connectivity index (χ1v) is 9.50. The normalized spacial score (nSPS) is 22.3. The van der Waals surface area contributed by atoms with Gasteiger partial charge in [-0.05, 0) is 44.4 Å². The summed E-state index contributed by atoms with van der Waals surface area (Å²) in [5, 5.41) is 16.5. The number of piperidine rings is 2. The second kappa shape index (κ2) is 7.86. The molecule has 1 aromatic rings. The van der Waals surface area contributed by atoms with Gasteiger partial charge < -0.3 is 15.3 Å². The van der Waals surface area contributed by atoms with Gasteiger partial charge in [0.1, 0.15) is 11.8 Å². The quantitative estimate of drug-likeness (QED) is 0.660. The molecule has 27 heavy (non-hydrogen) atoms. The number of benzene rings is 1. The SMILES string of the molecule is CC(=O)CC1(O)CCN(c2ccc(NC3CCC(=O)NC3=O)cc2Cl)CC1. The number of ketones is 1. The first kappa shape index (κ1) is 19.6. The smallest absolute Gasteiger partial charge is 0.249 e. The van der Waals surface area contributed by atoms with Crippen molar-refractivity contribution >= 4 is 40.6 Å². The van der Waals surface area contributed by atoms with E-state index in [0.717, 1.165) is 5.69 Å². The van der Waals surface area contributed by atoms with E-state index in [0.29, 0.717) is 49.5 Å². The van der Waals surface area contributed by atoms with Gasteiger partial charge >= 0.3 is 0 Å². The van der Waals surface area contributed by atoms with Gasteiger partial charge in [-0.2, -0.15) is 0 Å². The van der Waals surface area contributed by atoms with Gasteiger partial charge in [-0.1, -0.05) is 11.6 Å². The summed E-state index contributed by atoms with van der Waals surface area (Å²) in [6.07, 6.45) is 1.97. The maximum atomic E-state index is 11.9. The number of Topliss-reactive ketones (excluding diaryl/α,β-unsaturated/α-hetero) is 1. The summed E-state index contributed by atoms with van der Waals surface area (Å²) in [7, 11) is 0. The zero-order valence-corrected chi connectivity index (χ0v) is 16.0. The molecule has 146 valence electrons. The minimum Gasteiger partial charge on any atom is -0.389 e. The molecule has 2 saturated heterocycles. The Kier molecular flexibility index (Phi) is 5.72. The van der Waals surface area contributed by atoms with Crippen LogP contribution in [0.25, 0.3) is 0 Å². The van der Waals surface area contributed by atoms with Crippen LogP contribution >= 0.6 is 11.6 Å². The first-order chi connectivity index (χ1) is 12.8. The summed E-state index contributed by atoms with van der Waals surface area (Å²) in [4.78, 5) is 36.5. The van der Waals surface area contributed by atoms with Crippen LogP contribution in [0.15, 0.2) is 18.2 Å². The predicted octanol–water partition coefficient (Wildman–Crippen LogP) is 1.87. The molecule has 2 amide bonds. The first-order valence-electron chi connectivity index (χ1n) is 9.12. The molecule has 0 saturated carbocycles. The highest BCUT2D eigenvalue weighted by atomic mass is 35.5. The topological polar surface area (TPSA) is 98.7 Å². The lowest BCUT2D eigenvalue weighted by Crippen LogP contribution is -2.47. The number of halogens is 1. The molecule has 0 aromatic heterocycles. The fourth-order valence-corrected chi connectivity index (χ4v) is 3.99. The van der Waals surface area contributed by atoms with Crippen molar-refractivity contribution in [3.05, 3.63) is 23.2 Å². The van der Waals surface area contributed by atoms with Gasteiger partial charge in [0.15, 0.2) is 0 Å². The minimum absolute atomic E-state index is 0.00661. The lowest BCUT2D eigenvalue weighted by Gasteiger charge is -2.39. The van der Waals surface area contributed by atoms with Gasteiger partial charge in [-0.3, -0.25) is 19.7 Å². The van der Waals surface area contributed by atoms with Crippen LogP contribution in [0, 0.1) is 0 Å². The van der Waals surface area contributed by atoms with E-state index in [-0.39, 0.29) is 24.0 Å². The Bertz CT molecular complexity index is 759. The van der Waals surface area contributed by atoms with Crippen LogP contribution in [-0.4, -0.2) is 47.4 Å². The number of nitrogens with one attached hydrogen (secondary N) is 2. The zero-order chi connectivity index (χ0) is 19.6. The zero-order valence-electron chi connectivity index (χ0n) is 15.3. The molecule has 3 N–H and O–H groups in total. The molecule has 1 atom stereocenters. The number of aliphatic hydroxyl groups is 1. The predicted molar refractivity (Wildman–Crippen MR) is 103 cm³/mol. The Balaban J connectivity index is 1.63. The summed E-state index contributed by atoms with van der Waals surface area (Å²) < 4.78 is 0. The van der Waals surface area contributed by atoms with Crippen LogP contribution in [0.3, 0.4) is 0 Å². The molecule has 1 aromatic carbocycles. The monoisotopic (exact) mass is 393 g/mol. The van der Waals surface area contributed by atoms with E-state index < -0.39 is 11.6 Å². The lowest BCUT2D eigenvalue weighted by atomic mass is 9.86.